The molecule has 0 fully saturated rings. The van der Waals surface area contributed by atoms with Crippen LogP contribution in [-0.4, -0.2) is 28.5 Å². The number of terminal acetylenes is 1. The number of fused-ring (bicyclic) bond motifs is 1. The number of aliphatic imine (C=N–C) groups is 1. The van der Waals surface area contributed by atoms with Crippen LogP contribution in [0.2, 0.25) is 0 Å². The number of hydrogen-bond donors (Lipinski definition) is 1. The predicted octanol–water partition coefficient (Wildman–Crippen LogP) is 2.15. The number of benzene rings is 1. The van der Waals surface area contributed by atoms with E-state index in [2.05, 4.69) is 15.9 Å². The lowest BCUT2D eigenvalue weighted by Crippen LogP contribution is -2.13. The minimum absolute atomic E-state index is 0.0334. The van der Waals surface area contributed by atoms with Gasteiger partial charge in [-0.25, -0.2) is 4.98 Å². The molecule has 2 rings (SSSR count). The molecule has 5 nitrogen and oxygen atoms in total. The van der Waals surface area contributed by atoms with Crippen molar-refractivity contribution in [2.24, 2.45) is 10.7 Å². The lowest BCUT2D eigenvalue weighted by atomic mass is 10.3. The van der Waals surface area contributed by atoms with E-state index in [0.717, 1.165) is 22.0 Å². The smallest absolute Gasteiger partial charge is 0.317 e. The summed E-state index contributed by atoms with van der Waals surface area (Å²) in [6.45, 7) is -0.0334. The molecule has 0 aliphatic heterocycles. The zero-order valence-electron chi connectivity index (χ0n) is 10.4. The summed E-state index contributed by atoms with van der Waals surface area (Å²) >= 11 is 2.53. The number of amidine groups is 1. The summed E-state index contributed by atoms with van der Waals surface area (Å²) in [5, 5.41) is 0.829. The van der Waals surface area contributed by atoms with Crippen LogP contribution in [0.1, 0.15) is 0 Å². The Morgan fingerprint density at radius 1 is 1.55 bits per heavy atom. The van der Waals surface area contributed by atoms with Crippen molar-refractivity contribution < 1.29 is 9.53 Å². The van der Waals surface area contributed by atoms with Gasteiger partial charge in [0.1, 0.15) is 0 Å². The van der Waals surface area contributed by atoms with Crippen LogP contribution in [0.3, 0.4) is 0 Å². The Kier molecular flexibility index (Phi) is 4.98. The molecule has 0 aliphatic rings. The average Bonchev–Trinajstić information content (AvgIpc) is 2.84. The molecule has 2 aromatic rings. The van der Waals surface area contributed by atoms with E-state index in [1.54, 1.807) is 0 Å². The van der Waals surface area contributed by atoms with Crippen molar-refractivity contribution in [1.82, 2.24) is 4.98 Å². The number of carbonyl (C=O) groups is 1. The topological polar surface area (TPSA) is 77.6 Å². The fourth-order valence-corrected chi connectivity index (χ4v) is 2.74. The third-order valence-corrected chi connectivity index (χ3v) is 3.84. The molecule has 0 amide bonds. The zero-order valence-corrected chi connectivity index (χ0v) is 12.0. The number of ether oxygens (including phenoxy) is 1. The quantitative estimate of drug-likeness (QED) is 0.405. The van der Waals surface area contributed by atoms with Gasteiger partial charge in [0, 0.05) is 0 Å². The molecule has 0 atom stereocenters. The summed E-state index contributed by atoms with van der Waals surface area (Å²) in [4.78, 5) is 19.7. The van der Waals surface area contributed by atoms with Gasteiger partial charge in [0.05, 0.1) is 16.0 Å². The maximum Gasteiger partial charge on any atom is 0.317 e. The highest BCUT2D eigenvalue weighted by Crippen LogP contribution is 2.28. The number of thioether (sulfide) groups is 1. The summed E-state index contributed by atoms with van der Waals surface area (Å²) < 4.78 is 5.76. The van der Waals surface area contributed by atoms with Gasteiger partial charge >= 0.3 is 5.97 Å². The fraction of sp³-hybridized carbons (Fsp3) is 0.154. The number of aromatic nitrogens is 1. The highest BCUT2D eigenvalue weighted by Gasteiger charge is 2.06. The summed E-state index contributed by atoms with van der Waals surface area (Å²) in [5.41, 5.74) is 6.61. The van der Waals surface area contributed by atoms with Crippen molar-refractivity contribution in [3.05, 3.63) is 24.3 Å². The zero-order chi connectivity index (χ0) is 14.4. The summed E-state index contributed by atoms with van der Waals surface area (Å²) in [6.07, 6.45) is 4.98. The van der Waals surface area contributed by atoms with Gasteiger partial charge in [-0.3, -0.25) is 4.79 Å². The largest absolute Gasteiger partial charge is 0.452 e. The molecule has 1 heterocycles. The lowest BCUT2D eigenvalue weighted by molar-refractivity contribution is -0.138. The van der Waals surface area contributed by atoms with Crippen LogP contribution in [0.25, 0.3) is 10.2 Å². The molecule has 0 bridgehead atoms. The van der Waals surface area contributed by atoms with Crippen molar-refractivity contribution in [2.45, 2.75) is 0 Å². The number of carbonyl (C=O) groups excluding carboxylic acids is 1. The molecular weight excluding hydrogens is 294 g/mol. The normalized spacial score (nSPS) is 11.2. The molecule has 102 valence electrons. The monoisotopic (exact) mass is 305 g/mol. The number of esters is 1. The van der Waals surface area contributed by atoms with E-state index in [0.29, 0.717) is 5.13 Å². The van der Waals surface area contributed by atoms with Crippen molar-refractivity contribution in [3.8, 4) is 12.3 Å². The molecule has 0 unspecified atom stereocenters. The van der Waals surface area contributed by atoms with Crippen LogP contribution in [0.4, 0.5) is 5.13 Å². The highest BCUT2D eigenvalue weighted by atomic mass is 32.2. The Morgan fingerprint density at radius 2 is 2.35 bits per heavy atom. The van der Waals surface area contributed by atoms with Crippen LogP contribution >= 0.6 is 23.1 Å². The number of nitrogens with zero attached hydrogens (tertiary/aromatic N) is 2. The molecule has 1 aromatic carbocycles. The van der Waals surface area contributed by atoms with E-state index in [1.165, 1.54) is 11.3 Å². The number of rotatable bonds is 4. The molecule has 7 heteroatoms. The van der Waals surface area contributed by atoms with Crippen molar-refractivity contribution >= 4 is 49.6 Å². The van der Waals surface area contributed by atoms with Crippen molar-refractivity contribution in [1.29, 1.82) is 0 Å². The molecule has 0 aliphatic carbocycles. The molecule has 0 spiro atoms. The SMILES string of the molecule is C#CCOC(=O)CS/C(N)=N/c1nc2ccccc2s1. The third kappa shape index (κ3) is 3.98. The number of nitrogens with two attached hydrogens (primary N) is 1. The minimum atomic E-state index is -0.421. The van der Waals surface area contributed by atoms with Crippen LogP contribution < -0.4 is 5.73 Å². The second kappa shape index (κ2) is 6.93. The summed E-state index contributed by atoms with van der Waals surface area (Å²) in [6, 6.07) is 7.72. The van der Waals surface area contributed by atoms with Crippen molar-refractivity contribution in [3.63, 3.8) is 0 Å². The van der Waals surface area contributed by atoms with Gasteiger partial charge in [-0.05, 0) is 12.1 Å². The Morgan fingerprint density at radius 3 is 3.10 bits per heavy atom. The predicted molar refractivity (Wildman–Crippen MR) is 83.2 cm³/mol. The van der Waals surface area contributed by atoms with E-state index in [1.807, 2.05) is 24.3 Å². The molecule has 0 radical (unpaired) electrons. The van der Waals surface area contributed by atoms with Gasteiger partial charge in [0.2, 0.25) is 5.13 Å². The maximum absolute atomic E-state index is 11.2. The van der Waals surface area contributed by atoms with Gasteiger partial charge in [-0.2, -0.15) is 4.99 Å². The van der Waals surface area contributed by atoms with E-state index in [4.69, 9.17) is 16.9 Å². The van der Waals surface area contributed by atoms with E-state index < -0.39 is 5.97 Å². The lowest BCUT2D eigenvalue weighted by Gasteiger charge is -1.99. The molecule has 0 saturated heterocycles. The molecule has 20 heavy (non-hydrogen) atoms. The number of thiazole rings is 1. The maximum atomic E-state index is 11.2. The first-order valence-electron chi connectivity index (χ1n) is 5.60. The molecule has 2 N–H and O–H groups in total. The van der Waals surface area contributed by atoms with E-state index in [9.17, 15) is 4.79 Å². The second-order valence-electron chi connectivity index (χ2n) is 3.57. The van der Waals surface area contributed by atoms with Crippen LogP contribution in [-0.2, 0) is 9.53 Å². The van der Waals surface area contributed by atoms with E-state index >= 15 is 0 Å². The Labute approximate surface area is 124 Å². The third-order valence-electron chi connectivity index (χ3n) is 2.14. The van der Waals surface area contributed by atoms with Gasteiger partial charge in [0.15, 0.2) is 11.8 Å². The molecule has 1 aromatic heterocycles. The van der Waals surface area contributed by atoms with Crippen LogP contribution in [0.5, 0.6) is 0 Å². The summed E-state index contributed by atoms with van der Waals surface area (Å²) in [7, 11) is 0. The summed E-state index contributed by atoms with van der Waals surface area (Å²) in [5.74, 6) is 1.87. The number of para-hydroxylation sites is 1. The fourth-order valence-electron chi connectivity index (χ4n) is 1.33. The number of hydrogen-bond acceptors (Lipinski definition) is 6. The standard InChI is InChI=1S/C13H11N3O2S2/c1-2-7-18-11(17)8-19-12(14)16-13-15-9-5-3-4-6-10(9)20-13/h1,3-6H,7-8H2,(H2,14,15,16). The molecule has 0 saturated carbocycles. The first kappa shape index (κ1) is 14.4. The first-order chi connectivity index (χ1) is 9.69. The average molecular weight is 305 g/mol. The Hall–Kier alpha value is -2.04. The van der Waals surface area contributed by atoms with E-state index in [-0.39, 0.29) is 17.5 Å². The Bertz CT molecular complexity index is 655. The van der Waals surface area contributed by atoms with Crippen molar-refractivity contribution in [2.75, 3.05) is 12.4 Å². The second-order valence-corrected chi connectivity index (χ2v) is 5.57. The van der Waals surface area contributed by atoms with Gasteiger partial charge in [-0.1, -0.05) is 41.2 Å². The van der Waals surface area contributed by atoms with Gasteiger partial charge in [-0.15, -0.1) is 6.42 Å². The van der Waals surface area contributed by atoms with Gasteiger partial charge < -0.3 is 10.5 Å². The minimum Gasteiger partial charge on any atom is -0.452 e. The Balaban J connectivity index is 1.96. The van der Waals surface area contributed by atoms with Gasteiger partial charge in [0.25, 0.3) is 0 Å². The van der Waals surface area contributed by atoms with Crippen LogP contribution in [0.15, 0.2) is 29.3 Å². The molecular formula is C13H11N3O2S2. The first-order valence-corrected chi connectivity index (χ1v) is 7.41. The van der Waals surface area contributed by atoms with Crippen LogP contribution in [0, 0.1) is 12.3 Å². The highest BCUT2D eigenvalue weighted by molar-refractivity contribution is 8.14.